The summed E-state index contributed by atoms with van der Waals surface area (Å²) < 4.78 is 6.22. The normalized spacial score (nSPS) is 38.0. The van der Waals surface area contributed by atoms with Gasteiger partial charge < -0.3 is 10.1 Å². The zero-order chi connectivity index (χ0) is 13.8. The number of hydrogen-bond acceptors (Lipinski definition) is 3. The second kappa shape index (κ2) is 7.02. The fourth-order valence-corrected chi connectivity index (χ4v) is 5.39. The Labute approximate surface area is 128 Å². The maximum atomic E-state index is 6.22. The van der Waals surface area contributed by atoms with E-state index in [2.05, 4.69) is 23.3 Å². The minimum absolute atomic E-state index is 0.252. The largest absolute Gasteiger partial charge is 0.375 e. The molecule has 0 radical (unpaired) electrons. The fourth-order valence-electron chi connectivity index (χ4n) is 4.56. The van der Waals surface area contributed by atoms with E-state index in [1.165, 1.54) is 70.6 Å². The van der Waals surface area contributed by atoms with Crippen molar-refractivity contribution in [2.75, 3.05) is 12.9 Å². The third-order valence-corrected chi connectivity index (χ3v) is 6.78. The standard InChI is InChI=1S/C17H31NOS/c1-20-16-7-5-6-14(12-16)18-15-8-11-19-17(13-15)9-3-2-4-10-17/h14-16,18H,2-13H2,1H3. The average molecular weight is 298 g/mol. The summed E-state index contributed by atoms with van der Waals surface area (Å²) in [5, 5.41) is 4.89. The molecule has 116 valence electrons. The zero-order valence-corrected chi connectivity index (χ0v) is 13.9. The Morgan fingerprint density at radius 2 is 1.85 bits per heavy atom. The van der Waals surface area contributed by atoms with E-state index in [9.17, 15) is 0 Å². The SMILES string of the molecule is CSC1CCCC(NC2CCOC3(CCCCC3)C2)C1. The Hall–Kier alpha value is 0.270. The van der Waals surface area contributed by atoms with Crippen molar-refractivity contribution in [2.45, 2.75) is 93.6 Å². The highest BCUT2D eigenvalue weighted by molar-refractivity contribution is 7.99. The smallest absolute Gasteiger partial charge is 0.0697 e. The Morgan fingerprint density at radius 1 is 1.00 bits per heavy atom. The van der Waals surface area contributed by atoms with Crippen molar-refractivity contribution < 1.29 is 4.74 Å². The highest BCUT2D eigenvalue weighted by atomic mass is 32.2. The second-order valence-electron chi connectivity index (χ2n) is 7.17. The monoisotopic (exact) mass is 297 g/mol. The molecule has 1 spiro atoms. The van der Waals surface area contributed by atoms with Gasteiger partial charge in [-0.25, -0.2) is 0 Å². The molecule has 1 saturated heterocycles. The van der Waals surface area contributed by atoms with Crippen LogP contribution in [0.1, 0.15) is 70.6 Å². The Kier molecular flexibility index (Phi) is 5.33. The van der Waals surface area contributed by atoms with Gasteiger partial charge in [0, 0.05) is 23.9 Å². The molecule has 3 rings (SSSR count). The molecule has 3 unspecified atom stereocenters. The lowest BCUT2D eigenvalue weighted by atomic mass is 9.78. The first-order valence-corrected chi connectivity index (χ1v) is 10.0. The molecule has 1 N–H and O–H groups in total. The first-order valence-electron chi connectivity index (χ1n) is 8.72. The maximum Gasteiger partial charge on any atom is 0.0697 e. The fraction of sp³-hybridized carbons (Fsp3) is 1.00. The van der Waals surface area contributed by atoms with E-state index >= 15 is 0 Å². The summed E-state index contributed by atoms with van der Waals surface area (Å²) in [6.07, 6.45) is 17.2. The number of hydrogen-bond donors (Lipinski definition) is 1. The van der Waals surface area contributed by atoms with Crippen molar-refractivity contribution in [2.24, 2.45) is 0 Å². The lowest BCUT2D eigenvalue weighted by Gasteiger charge is -2.45. The van der Waals surface area contributed by atoms with Crippen LogP contribution in [0.2, 0.25) is 0 Å². The van der Waals surface area contributed by atoms with Crippen LogP contribution >= 0.6 is 11.8 Å². The molecule has 0 bridgehead atoms. The summed E-state index contributed by atoms with van der Waals surface area (Å²) in [6.45, 7) is 0.982. The van der Waals surface area contributed by atoms with Crippen LogP contribution < -0.4 is 5.32 Å². The molecule has 3 atom stereocenters. The molecule has 1 aliphatic heterocycles. The molecule has 0 amide bonds. The highest BCUT2D eigenvalue weighted by Gasteiger charge is 2.39. The van der Waals surface area contributed by atoms with E-state index in [0.29, 0.717) is 6.04 Å². The number of nitrogens with one attached hydrogen (secondary N) is 1. The van der Waals surface area contributed by atoms with Crippen LogP contribution in [0.5, 0.6) is 0 Å². The van der Waals surface area contributed by atoms with Gasteiger partial charge in [0.25, 0.3) is 0 Å². The van der Waals surface area contributed by atoms with Crippen LogP contribution in [-0.4, -0.2) is 35.8 Å². The molecule has 0 aromatic heterocycles. The van der Waals surface area contributed by atoms with Crippen molar-refractivity contribution in [3.8, 4) is 0 Å². The van der Waals surface area contributed by atoms with Gasteiger partial charge in [0.15, 0.2) is 0 Å². The lowest BCUT2D eigenvalue weighted by molar-refractivity contribution is -0.110. The van der Waals surface area contributed by atoms with Crippen LogP contribution in [0.25, 0.3) is 0 Å². The third-order valence-electron chi connectivity index (χ3n) is 5.69. The first-order chi connectivity index (χ1) is 9.80. The summed E-state index contributed by atoms with van der Waals surface area (Å²) in [4.78, 5) is 0. The predicted molar refractivity (Wildman–Crippen MR) is 87.5 cm³/mol. The van der Waals surface area contributed by atoms with E-state index < -0.39 is 0 Å². The van der Waals surface area contributed by atoms with Gasteiger partial charge in [-0.1, -0.05) is 25.7 Å². The van der Waals surface area contributed by atoms with Crippen molar-refractivity contribution in [3.63, 3.8) is 0 Å². The summed E-state index contributed by atoms with van der Waals surface area (Å²) in [5.74, 6) is 0. The van der Waals surface area contributed by atoms with E-state index in [4.69, 9.17) is 4.74 Å². The van der Waals surface area contributed by atoms with Gasteiger partial charge in [-0.2, -0.15) is 11.8 Å². The van der Waals surface area contributed by atoms with Gasteiger partial charge >= 0.3 is 0 Å². The van der Waals surface area contributed by atoms with Gasteiger partial charge in [0.05, 0.1) is 5.60 Å². The van der Waals surface area contributed by atoms with Crippen molar-refractivity contribution in [1.29, 1.82) is 0 Å². The Balaban J connectivity index is 1.52. The van der Waals surface area contributed by atoms with Crippen LogP contribution in [-0.2, 0) is 4.74 Å². The molecule has 1 heterocycles. The van der Waals surface area contributed by atoms with Gasteiger partial charge in [-0.15, -0.1) is 0 Å². The maximum absolute atomic E-state index is 6.22. The minimum atomic E-state index is 0.252. The molecule has 2 aliphatic carbocycles. The van der Waals surface area contributed by atoms with Crippen molar-refractivity contribution >= 4 is 11.8 Å². The van der Waals surface area contributed by atoms with Gasteiger partial charge in [0.1, 0.15) is 0 Å². The van der Waals surface area contributed by atoms with E-state index in [1.807, 2.05) is 0 Å². The minimum Gasteiger partial charge on any atom is -0.375 e. The van der Waals surface area contributed by atoms with Gasteiger partial charge in [-0.3, -0.25) is 0 Å². The molecule has 2 nitrogen and oxygen atoms in total. The first kappa shape index (κ1) is 15.2. The average Bonchev–Trinajstić information content (AvgIpc) is 2.48. The Bertz CT molecular complexity index is 298. The topological polar surface area (TPSA) is 21.3 Å². The third kappa shape index (κ3) is 3.72. The van der Waals surface area contributed by atoms with Crippen LogP contribution in [0.15, 0.2) is 0 Å². The summed E-state index contributed by atoms with van der Waals surface area (Å²) in [5.41, 5.74) is 0.252. The Morgan fingerprint density at radius 3 is 2.65 bits per heavy atom. The number of ether oxygens (including phenoxy) is 1. The second-order valence-corrected chi connectivity index (χ2v) is 8.31. The number of thioether (sulfide) groups is 1. The molecular weight excluding hydrogens is 266 g/mol. The molecule has 3 aliphatic rings. The zero-order valence-electron chi connectivity index (χ0n) is 13.0. The quantitative estimate of drug-likeness (QED) is 0.846. The molecular formula is C17H31NOS. The molecule has 0 aromatic rings. The molecule has 20 heavy (non-hydrogen) atoms. The van der Waals surface area contributed by atoms with Crippen LogP contribution in [0.4, 0.5) is 0 Å². The van der Waals surface area contributed by atoms with E-state index in [1.54, 1.807) is 0 Å². The lowest BCUT2D eigenvalue weighted by Crippen LogP contribution is -2.51. The van der Waals surface area contributed by atoms with Gasteiger partial charge in [0.2, 0.25) is 0 Å². The van der Waals surface area contributed by atoms with Crippen molar-refractivity contribution in [1.82, 2.24) is 5.32 Å². The predicted octanol–water partition coefficient (Wildman–Crippen LogP) is 4.13. The molecule has 3 heteroatoms. The van der Waals surface area contributed by atoms with Gasteiger partial charge in [-0.05, 0) is 51.2 Å². The molecule has 3 fully saturated rings. The summed E-state index contributed by atoms with van der Waals surface area (Å²) >= 11 is 2.07. The van der Waals surface area contributed by atoms with Crippen LogP contribution in [0, 0.1) is 0 Å². The summed E-state index contributed by atoms with van der Waals surface area (Å²) in [6, 6.07) is 1.48. The van der Waals surface area contributed by atoms with E-state index in [-0.39, 0.29) is 5.60 Å². The van der Waals surface area contributed by atoms with Crippen molar-refractivity contribution in [3.05, 3.63) is 0 Å². The van der Waals surface area contributed by atoms with Crippen LogP contribution in [0.3, 0.4) is 0 Å². The molecule has 0 aromatic carbocycles. The molecule has 2 saturated carbocycles. The summed E-state index contributed by atoms with van der Waals surface area (Å²) in [7, 11) is 0. The van der Waals surface area contributed by atoms with E-state index in [0.717, 1.165) is 17.9 Å². The number of rotatable bonds is 3. The highest BCUT2D eigenvalue weighted by Crippen LogP contribution is 2.39.